The molecule has 3 nitrogen and oxygen atoms in total. The third-order valence-corrected chi connectivity index (χ3v) is 4.54. The second-order valence-corrected chi connectivity index (χ2v) is 6.25. The number of nitrogens with zero attached hydrogens (tertiary/aromatic N) is 1. The summed E-state index contributed by atoms with van der Waals surface area (Å²) in [6.45, 7) is 5.10. The fourth-order valence-electron chi connectivity index (χ4n) is 2.85. The largest absolute Gasteiger partial charge is 0.321 e. The molecule has 2 N–H and O–H groups in total. The molecule has 0 aliphatic carbocycles. The molecule has 2 unspecified atom stereocenters. The molecule has 4 heteroatoms. The highest BCUT2D eigenvalue weighted by Crippen LogP contribution is 2.29. The highest BCUT2D eigenvalue weighted by atomic mass is 35.5. The molecule has 1 heterocycles. The topological polar surface area (TPSA) is 46.3 Å². The molecule has 1 saturated heterocycles. The van der Waals surface area contributed by atoms with Crippen molar-refractivity contribution in [1.29, 1.82) is 0 Å². The van der Waals surface area contributed by atoms with Gasteiger partial charge in [0.05, 0.1) is 6.04 Å². The Morgan fingerprint density at radius 3 is 2.50 bits per heavy atom. The Kier molecular flexibility index (Phi) is 5.58. The third kappa shape index (κ3) is 4.05. The first-order valence-corrected chi connectivity index (χ1v) is 7.66. The predicted molar refractivity (Wildman–Crippen MR) is 83.1 cm³/mol. The van der Waals surface area contributed by atoms with Crippen molar-refractivity contribution in [3.63, 3.8) is 0 Å². The average molecular weight is 295 g/mol. The van der Waals surface area contributed by atoms with Crippen LogP contribution in [0.5, 0.6) is 0 Å². The minimum Gasteiger partial charge on any atom is -0.321 e. The minimum atomic E-state index is -0.344. The normalized spacial score (nSPS) is 20.6. The first-order chi connectivity index (χ1) is 9.60. The molecule has 0 amide bonds. The summed E-state index contributed by atoms with van der Waals surface area (Å²) in [4.78, 5) is 13.1. The lowest BCUT2D eigenvalue weighted by Crippen LogP contribution is -2.41. The van der Waals surface area contributed by atoms with Crippen LogP contribution in [0.3, 0.4) is 0 Å². The van der Waals surface area contributed by atoms with Crippen molar-refractivity contribution in [2.24, 2.45) is 11.7 Å². The standard InChI is InChI=1S/C16H23ClN2O/c1-12(16(18)11-20)10-19-8-6-14(7-9-19)13-2-4-15(17)5-3-13/h2-5,11-12,14,16H,6-10,18H2,1H3. The molecule has 0 aromatic heterocycles. The lowest BCUT2D eigenvalue weighted by atomic mass is 9.89. The van der Waals surface area contributed by atoms with Crippen LogP contribution in [0.1, 0.15) is 31.2 Å². The number of benzene rings is 1. The van der Waals surface area contributed by atoms with Crippen LogP contribution in [0.25, 0.3) is 0 Å². The van der Waals surface area contributed by atoms with Gasteiger partial charge in [-0.15, -0.1) is 0 Å². The Labute approximate surface area is 126 Å². The summed E-state index contributed by atoms with van der Waals surface area (Å²) in [5.41, 5.74) is 7.14. The van der Waals surface area contributed by atoms with Gasteiger partial charge in [0.15, 0.2) is 0 Å². The lowest BCUT2D eigenvalue weighted by molar-refractivity contribution is -0.109. The molecule has 1 aromatic carbocycles. The van der Waals surface area contributed by atoms with Gasteiger partial charge in [0.25, 0.3) is 0 Å². The number of rotatable bonds is 5. The average Bonchev–Trinajstić information content (AvgIpc) is 2.48. The Hall–Kier alpha value is -0.900. The molecule has 20 heavy (non-hydrogen) atoms. The maximum Gasteiger partial charge on any atom is 0.137 e. The molecular weight excluding hydrogens is 272 g/mol. The van der Waals surface area contributed by atoms with Crippen LogP contribution in [0.4, 0.5) is 0 Å². The number of hydrogen-bond acceptors (Lipinski definition) is 3. The highest BCUT2D eigenvalue weighted by Gasteiger charge is 2.23. The van der Waals surface area contributed by atoms with Crippen LogP contribution < -0.4 is 5.73 Å². The van der Waals surface area contributed by atoms with Gasteiger partial charge in [0, 0.05) is 11.6 Å². The molecule has 2 rings (SSSR count). The predicted octanol–water partition coefficient (Wildman–Crippen LogP) is 2.68. The van der Waals surface area contributed by atoms with Crippen LogP contribution >= 0.6 is 11.6 Å². The van der Waals surface area contributed by atoms with E-state index in [9.17, 15) is 4.79 Å². The van der Waals surface area contributed by atoms with Crippen LogP contribution in [0, 0.1) is 5.92 Å². The van der Waals surface area contributed by atoms with E-state index in [1.165, 1.54) is 5.56 Å². The number of aldehydes is 1. The number of carbonyl (C=O) groups is 1. The van der Waals surface area contributed by atoms with E-state index in [0.29, 0.717) is 5.92 Å². The quantitative estimate of drug-likeness (QED) is 0.849. The van der Waals surface area contributed by atoms with Crippen LogP contribution in [-0.2, 0) is 4.79 Å². The van der Waals surface area contributed by atoms with Crippen molar-refractivity contribution >= 4 is 17.9 Å². The van der Waals surface area contributed by atoms with E-state index in [4.69, 9.17) is 17.3 Å². The van der Waals surface area contributed by atoms with E-state index in [-0.39, 0.29) is 12.0 Å². The van der Waals surface area contributed by atoms with Gasteiger partial charge in [0.2, 0.25) is 0 Å². The number of piperidine rings is 1. The maximum absolute atomic E-state index is 10.7. The first-order valence-electron chi connectivity index (χ1n) is 7.29. The van der Waals surface area contributed by atoms with E-state index in [1.807, 2.05) is 19.1 Å². The molecule has 1 aromatic rings. The van der Waals surface area contributed by atoms with Crippen LogP contribution in [0.15, 0.2) is 24.3 Å². The summed E-state index contributed by atoms with van der Waals surface area (Å²) in [5.74, 6) is 0.846. The fourth-order valence-corrected chi connectivity index (χ4v) is 2.97. The molecule has 1 aliphatic heterocycles. The van der Waals surface area contributed by atoms with Gasteiger partial charge in [-0.05, 0) is 55.5 Å². The zero-order valence-corrected chi connectivity index (χ0v) is 12.7. The first kappa shape index (κ1) is 15.5. The van der Waals surface area contributed by atoms with Gasteiger partial charge in [0.1, 0.15) is 6.29 Å². The smallest absolute Gasteiger partial charge is 0.137 e. The molecule has 0 radical (unpaired) electrons. The summed E-state index contributed by atoms with van der Waals surface area (Å²) in [6.07, 6.45) is 3.17. The van der Waals surface area contributed by atoms with E-state index in [1.54, 1.807) is 0 Å². The van der Waals surface area contributed by atoms with Gasteiger partial charge in [-0.3, -0.25) is 0 Å². The zero-order chi connectivity index (χ0) is 14.5. The molecule has 0 spiro atoms. The fraction of sp³-hybridized carbons (Fsp3) is 0.562. The summed E-state index contributed by atoms with van der Waals surface area (Å²) in [7, 11) is 0. The van der Waals surface area contributed by atoms with Gasteiger partial charge >= 0.3 is 0 Å². The Morgan fingerprint density at radius 2 is 1.95 bits per heavy atom. The zero-order valence-electron chi connectivity index (χ0n) is 12.0. The van der Waals surface area contributed by atoms with Crippen molar-refractivity contribution in [1.82, 2.24) is 4.90 Å². The van der Waals surface area contributed by atoms with Crippen molar-refractivity contribution < 1.29 is 4.79 Å². The summed E-state index contributed by atoms with van der Waals surface area (Å²) in [5, 5.41) is 0.794. The number of halogens is 1. The monoisotopic (exact) mass is 294 g/mol. The Bertz CT molecular complexity index is 427. The molecule has 1 aliphatic rings. The third-order valence-electron chi connectivity index (χ3n) is 4.29. The lowest BCUT2D eigenvalue weighted by Gasteiger charge is -2.34. The number of nitrogens with two attached hydrogens (primary N) is 1. The van der Waals surface area contributed by atoms with E-state index in [2.05, 4.69) is 17.0 Å². The van der Waals surface area contributed by atoms with Crippen molar-refractivity contribution in [2.45, 2.75) is 31.7 Å². The highest BCUT2D eigenvalue weighted by molar-refractivity contribution is 6.30. The number of hydrogen-bond donors (Lipinski definition) is 1. The van der Waals surface area contributed by atoms with Crippen LogP contribution in [-0.4, -0.2) is 36.9 Å². The molecular formula is C16H23ClN2O. The second kappa shape index (κ2) is 7.21. The molecule has 0 saturated carbocycles. The van der Waals surface area contributed by atoms with Crippen LogP contribution in [0.2, 0.25) is 5.02 Å². The maximum atomic E-state index is 10.7. The van der Waals surface area contributed by atoms with Crippen molar-refractivity contribution in [2.75, 3.05) is 19.6 Å². The molecule has 110 valence electrons. The molecule has 1 fully saturated rings. The van der Waals surface area contributed by atoms with Gasteiger partial charge in [-0.2, -0.15) is 0 Å². The summed E-state index contributed by atoms with van der Waals surface area (Å²) >= 11 is 5.93. The van der Waals surface area contributed by atoms with Crippen molar-refractivity contribution in [3.05, 3.63) is 34.9 Å². The Balaban J connectivity index is 1.83. The summed E-state index contributed by atoms with van der Waals surface area (Å²) in [6, 6.07) is 7.85. The SMILES string of the molecule is CC(CN1CCC(c2ccc(Cl)cc2)CC1)C(N)C=O. The second-order valence-electron chi connectivity index (χ2n) is 5.82. The van der Waals surface area contributed by atoms with Gasteiger partial charge in [-0.25, -0.2) is 0 Å². The van der Waals surface area contributed by atoms with Gasteiger partial charge in [-0.1, -0.05) is 30.7 Å². The summed E-state index contributed by atoms with van der Waals surface area (Å²) < 4.78 is 0. The minimum absolute atomic E-state index is 0.222. The van der Waals surface area contributed by atoms with Crippen molar-refractivity contribution in [3.8, 4) is 0 Å². The van der Waals surface area contributed by atoms with E-state index >= 15 is 0 Å². The molecule has 2 atom stereocenters. The number of carbonyl (C=O) groups excluding carboxylic acids is 1. The Morgan fingerprint density at radius 1 is 1.35 bits per heavy atom. The number of likely N-dealkylation sites (tertiary alicyclic amines) is 1. The van der Waals surface area contributed by atoms with E-state index in [0.717, 1.165) is 43.8 Å². The van der Waals surface area contributed by atoms with Gasteiger partial charge < -0.3 is 15.4 Å². The van der Waals surface area contributed by atoms with E-state index < -0.39 is 0 Å². The molecule has 0 bridgehead atoms.